The minimum absolute atomic E-state index is 0. The van der Waals surface area contributed by atoms with Gasteiger partial charge in [-0.2, -0.15) is 0 Å². The second-order valence-electron chi connectivity index (χ2n) is 3.56. The smallest absolute Gasteiger partial charge is 0.0320 e. The van der Waals surface area contributed by atoms with Crippen LogP contribution in [0.15, 0.2) is 24.3 Å². The summed E-state index contributed by atoms with van der Waals surface area (Å²) in [5, 5.41) is 3.56. The van der Waals surface area contributed by atoms with Crippen molar-refractivity contribution in [1.29, 1.82) is 0 Å². The number of rotatable bonds is 1. The molecule has 1 atom stereocenters. The van der Waals surface area contributed by atoms with Gasteiger partial charge in [0.2, 0.25) is 0 Å². The maximum Gasteiger partial charge on any atom is 0.0320 e. The van der Waals surface area contributed by atoms with Crippen LogP contribution in [0.5, 0.6) is 0 Å². The summed E-state index contributed by atoms with van der Waals surface area (Å²) in [6, 6.07) is 9.40. The highest BCUT2D eigenvalue weighted by Crippen LogP contribution is 2.23. The number of piperidine rings is 1. The standard InChI is InChI=1S/C11H14IN.ClH/c12-10-5-3-4-9(8-10)11-6-1-2-7-13-11;/h3-5,8,11,13H,1-2,6-7H2;1H/t11-;/m0./s1. The molecule has 1 aliphatic heterocycles. The highest BCUT2D eigenvalue weighted by Gasteiger charge is 2.13. The summed E-state index contributed by atoms with van der Waals surface area (Å²) in [5.41, 5.74) is 1.45. The molecule has 1 aromatic carbocycles. The zero-order valence-electron chi connectivity index (χ0n) is 8.00. The Labute approximate surface area is 105 Å². The molecule has 0 unspecified atom stereocenters. The van der Waals surface area contributed by atoms with Crippen LogP contribution in [0, 0.1) is 3.57 Å². The third-order valence-electron chi connectivity index (χ3n) is 2.56. The molecule has 3 heteroatoms. The summed E-state index contributed by atoms with van der Waals surface area (Å²) in [5.74, 6) is 0. The average Bonchev–Trinajstić information content (AvgIpc) is 2.19. The van der Waals surface area contributed by atoms with E-state index in [2.05, 4.69) is 52.2 Å². The van der Waals surface area contributed by atoms with Gasteiger partial charge in [0.05, 0.1) is 0 Å². The first-order chi connectivity index (χ1) is 6.36. The molecular weight excluding hydrogens is 308 g/mol. The van der Waals surface area contributed by atoms with Gasteiger partial charge < -0.3 is 5.32 Å². The zero-order valence-corrected chi connectivity index (χ0v) is 11.0. The summed E-state index contributed by atoms with van der Waals surface area (Å²) in [6.45, 7) is 1.18. The van der Waals surface area contributed by atoms with Crippen molar-refractivity contribution in [2.75, 3.05) is 6.54 Å². The summed E-state index contributed by atoms with van der Waals surface area (Å²) in [7, 11) is 0. The largest absolute Gasteiger partial charge is 0.310 e. The molecule has 0 saturated carbocycles. The van der Waals surface area contributed by atoms with Crippen molar-refractivity contribution in [3.05, 3.63) is 33.4 Å². The number of benzene rings is 1. The van der Waals surface area contributed by atoms with Crippen molar-refractivity contribution in [2.45, 2.75) is 25.3 Å². The lowest BCUT2D eigenvalue weighted by Gasteiger charge is -2.23. The van der Waals surface area contributed by atoms with Gasteiger partial charge in [-0.3, -0.25) is 0 Å². The first kappa shape index (κ1) is 12.3. The SMILES string of the molecule is Cl.Ic1cccc([C@@H]2CCCCN2)c1. The van der Waals surface area contributed by atoms with Gasteiger partial charge >= 0.3 is 0 Å². The quantitative estimate of drug-likeness (QED) is 0.780. The molecule has 0 radical (unpaired) electrons. The van der Waals surface area contributed by atoms with Crippen LogP contribution in [0.4, 0.5) is 0 Å². The van der Waals surface area contributed by atoms with Crippen LogP contribution in [-0.2, 0) is 0 Å². The average molecular weight is 324 g/mol. The van der Waals surface area contributed by atoms with E-state index in [1.807, 2.05) is 0 Å². The van der Waals surface area contributed by atoms with Crippen LogP contribution in [0.25, 0.3) is 0 Å². The highest BCUT2D eigenvalue weighted by molar-refractivity contribution is 14.1. The third-order valence-corrected chi connectivity index (χ3v) is 3.23. The van der Waals surface area contributed by atoms with Gasteiger partial charge in [-0.15, -0.1) is 12.4 Å². The van der Waals surface area contributed by atoms with Gasteiger partial charge in [-0.25, -0.2) is 0 Å². The monoisotopic (exact) mass is 323 g/mol. The molecule has 1 N–H and O–H groups in total. The Balaban J connectivity index is 0.000000980. The topological polar surface area (TPSA) is 12.0 Å². The van der Waals surface area contributed by atoms with E-state index in [-0.39, 0.29) is 12.4 Å². The minimum Gasteiger partial charge on any atom is -0.310 e. The van der Waals surface area contributed by atoms with E-state index in [4.69, 9.17) is 0 Å². The number of hydrogen-bond acceptors (Lipinski definition) is 1. The van der Waals surface area contributed by atoms with Crippen LogP contribution < -0.4 is 5.32 Å². The van der Waals surface area contributed by atoms with Crippen molar-refractivity contribution >= 4 is 35.0 Å². The second kappa shape index (κ2) is 5.93. The summed E-state index contributed by atoms with van der Waals surface area (Å²) in [4.78, 5) is 0. The lowest BCUT2D eigenvalue weighted by atomic mass is 9.98. The van der Waals surface area contributed by atoms with Crippen molar-refractivity contribution in [2.24, 2.45) is 0 Å². The van der Waals surface area contributed by atoms with Crippen molar-refractivity contribution in [3.63, 3.8) is 0 Å². The molecule has 1 aromatic rings. The van der Waals surface area contributed by atoms with E-state index in [0.717, 1.165) is 0 Å². The summed E-state index contributed by atoms with van der Waals surface area (Å²) in [6.07, 6.45) is 3.99. The van der Waals surface area contributed by atoms with Crippen molar-refractivity contribution < 1.29 is 0 Å². The number of nitrogens with one attached hydrogen (secondary N) is 1. The number of hydrogen-bond donors (Lipinski definition) is 1. The first-order valence-electron chi connectivity index (χ1n) is 4.85. The van der Waals surface area contributed by atoms with Crippen LogP contribution in [-0.4, -0.2) is 6.54 Å². The molecule has 14 heavy (non-hydrogen) atoms. The Morgan fingerprint density at radius 1 is 1.29 bits per heavy atom. The second-order valence-corrected chi connectivity index (χ2v) is 4.80. The molecule has 0 amide bonds. The zero-order chi connectivity index (χ0) is 9.10. The van der Waals surface area contributed by atoms with E-state index < -0.39 is 0 Å². The first-order valence-corrected chi connectivity index (χ1v) is 5.93. The van der Waals surface area contributed by atoms with Crippen LogP contribution in [0.1, 0.15) is 30.9 Å². The minimum atomic E-state index is 0. The number of halogens is 2. The normalized spacial score (nSPS) is 21.4. The lowest BCUT2D eigenvalue weighted by Crippen LogP contribution is -2.26. The van der Waals surface area contributed by atoms with Gasteiger partial charge in [0, 0.05) is 9.61 Å². The van der Waals surface area contributed by atoms with Crippen LogP contribution in [0.2, 0.25) is 0 Å². The molecule has 0 spiro atoms. The maximum atomic E-state index is 3.56. The molecular formula is C11H15ClIN. The van der Waals surface area contributed by atoms with E-state index in [9.17, 15) is 0 Å². The van der Waals surface area contributed by atoms with Crippen LogP contribution >= 0.6 is 35.0 Å². The fourth-order valence-electron chi connectivity index (χ4n) is 1.86. The fraction of sp³-hybridized carbons (Fsp3) is 0.455. The Hall–Kier alpha value is 0.200. The molecule has 1 heterocycles. The molecule has 78 valence electrons. The molecule has 0 aliphatic carbocycles. The van der Waals surface area contributed by atoms with E-state index >= 15 is 0 Å². The van der Waals surface area contributed by atoms with E-state index in [0.29, 0.717) is 6.04 Å². The Kier molecular flexibility index (Phi) is 5.20. The molecule has 0 aromatic heterocycles. The van der Waals surface area contributed by atoms with Crippen LogP contribution in [0.3, 0.4) is 0 Å². The third kappa shape index (κ3) is 3.11. The molecule has 1 saturated heterocycles. The van der Waals surface area contributed by atoms with Crippen molar-refractivity contribution in [1.82, 2.24) is 5.32 Å². The van der Waals surface area contributed by atoms with Gasteiger partial charge in [0.1, 0.15) is 0 Å². The Morgan fingerprint density at radius 2 is 2.14 bits per heavy atom. The molecule has 2 rings (SSSR count). The fourth-order valence-corrected chi connectivity index (χ4v) is 2.43. The summed E-state index contributed by atoms with van der Waals surface area (Å²) < 4.78 is 1.34. The highest BCUT2D eigenvalue weighted by atomic mass is 127. The predicted molar refractivity (Wildman–Crippen MR) is 71.0 cm³/mol. The van der Waals surface area contributed by atoms with Gasteiger partial charge in [-0.05, 0) is 59.7 Å². The van der Waals surface area contributed by atoms with Gasteiger partial charge in [0.25, 0.3) is 0 Å². The predicted octanol–water partition coefficient (Wildman–Crippen LogP) is 3.53. The summed E-state index contributed by atoms with van der Waals surface area (Å²) >= 11 is 2.37. The van der Waals surface area contributed by atoms with Gasteiger partial charge in [0.15, 0.2) is 0 Å². The Morgan fingerprint density at radius 3 is 2.79 bits per heavy atom. The lowest BCUT2D eigenvalue weighted by molar-refractivity contribution is 0.412. The molecule has 1 aliphatic rings. The van der Waals surface area contributed by atoms with Crippen molar-refractivity contribution in [3.8, 4) is 0 Å². The van der Waals surface area contributed by atoms with E-state index in [1.54, 1.807) is 0 Å². The molecule has 0 bridgehead atoms. The van der Waals surface area contributed by atoms with Gasteiger partial charge in [-0.1, -0.05) is 18.6 Å². The van der Waals surface area contributed by atoms with E-state index in [1.165, 1.54) is 34.9 Å². The molecule has 1 fully saturated rings. The molecule has 1 nitrogen and oxygen atoms in total. The Bertz CT molecular complexity index is 284. The maximum absolute atomic E-state index is 3.56.